The van der Waals surface area contributed by atoms with E-state index >= 15 is 0 Å². The number of benzene rings is 3. The Morgan fingerprint density at radius 1 is 0.816 bits per heavy atom. The molecule has 198 valence electrons. The van der Waals surface area contributed by atoms with E-state index in [0.29, 0.717) is 22.7 Å². The number of aliphatic hydroxyl groups is 1. The van der Waals surface area contributed by atoms with Crippen LogP contribution >= 0.6 is 11.6 Å². The molecule has 0 bridgehead atoms. The second-order valence-electron chi connectivity index (χ2n) is 9.80. The van der Waals surface area contributed by atoms with Crippen molar-refractivity contribution in [2.75, 3.05) is 50.7 Å². The number of carbonyl (C=O) groups excluding carboxylic acids is 2. The van der Waals surface area contributed by atoms with E-state index in [1.807, 2.05) is 84.9 Å². The summed E-state index contributed by atoms with van der Waals surface area (Å²) in [4.78, 5) is 35.0. The zero-order valence-electron chi connectivity index (χ0n) is 21.5. The van der Waals surface area contributed by atoms with Gasteiger partial charge in [-0.1, -0.05) is 72.3 Å². The Morgan fingerprint density at radius 3 is 1.89 bits per heavy atom. The first-order valence-electron chi connectivity index (χ1n) is 13.1. The quantitative estimate of drug-likeness (QED) is 0.443. The van der Waals surface area contributed by atoms with E-state index in [1.54, 1.807) is 11.8 Å². The van der Waals surface area contributed by atoms with Crippen LogP contribution in [0.5, 0.6) is 0 Å². The highest BCUT2D eigenvalue weighted by Gasteiger charge is 2.59. The molecule has 38 heavy (non-hydrogen) atoms. The summed E-state index contributed by atoms with van der Waals surface area (Å²) >= 11 is 6.03. The minimum absolute atomic E-state index is 0.0439. The number of hydrogen-bond acceptors (Lipinski definition) is 5. The number of nitrogens with zero attached hydrogens (tertiary/aromatic N) is 4. The highest BCUT2D eigenvalue weighted by Crippen LogP contribution is 2.43. The van der Waals surface area contributed by atoms with Crippen LogP contribution in [0.4, 0.5) is 10.5 Å². The van der Waals surface area contributed by atoms with E-state index in [2.05, 4.69) is 9.80 Å². The Labute approximate surface area is 228 Å². The maximum atomic E-state index is 14.0. The zero-order valence-corrected chi connectivity index (χ0v) is 22.3. The van der Waals surface area contributed by atoms with Crippen molar-refractivity contribution < 1.29 is 14.7 Å². The number of aliphatic hydroxyl groups excluding tert-OH is 1. The van der Waals surface area contributed by atoms with Crippen molar-refractivity contribution in [3.63, 3.8) is 0 Å². The average Bonchev–Trinajstić information content (AvgIpc) is 3.16. The molecule has 3 aromatic carbocycles. The predicted molar refractivity (Wildman–Crippen MR) is 149 cm³/mol. The first-order chi connectivity index (χ1) is 18.4. The summed E-state index contributed by atoms with van der Waals surface area (Å²) in [7, 11) is 0. The molecule has 1 atom stereocenters. The van der Waals surface area contributed by atoms with Crippen molar-refractivity contribution >= 4 is 29.2 Å². The first-order valence-corrected chi connectivity index (χ1v) is 13.5. The number of rotatable bonds is 8. The molecule has 0 aliphatic carbocycles. The summed E-state index contributed by atoms with van der Waals surface area (Å²) in [5.41, 5.74) is 1.23. The Hall–Kier alpha value is -3.39. The lowest BCUT2D eigenvalue weighted by atomic mass is 9.81. The van der Waals surface area contributed by atoms with E-state index in [-0.39, 0.29) is 25.0 Å². The van der Waals surface area contributed by atoms with E-state index in [9.17, 15) is 14.7 Å². The van der Waals surface area contributed by atoms with Crippen LogP contribution in [0, 0.1) is 0 Å². The molecule has 2 fully saturated rings. The standard InChI is InChI=1S/C30H33ClN4O3/c1-2-34-28(37)30(23-9-5-3-6-10-23,24-11-7-4-8-12-24)35(29(34)38)22-27(36)21-32-17-19-33(20-18-32)26-15-13-25(31)14-16-26/h3-16,27,36H,2,17-22H2,1H3. The van der Waals surface area contributed by atoms with Gasteiger partial charge in [0.2, 0.25) is 0 Å². The van der Waals surface area contributed by atoms with Crippen LogP contribution in [-0.4, -0.2) is 83.7 Å². The van der Waals surface area contributed by atoms with Gasteiger partial charge in [-0.2, -0.15) is 0 Å². The van der Waals surface area contributed by atoms with Gasteiger partial charge in [-0.3, -0.25) is 19.5 Å². The van der Waals surface area contributed by atoms with Gasteiger partial charge in [0.25, 0.3) is 5.91 Å². The molecule has 0 aromatic heterocycles. The molecular formula is C30H33ClN4O3. The van der Waals surface area contributed by atoms with Gasteiger partial charge in [0, 0.05) is 50.0 Å². The zero-order chi connectivity index (χ0) is 26.7. The van der Waals surface area contributed by atoms with Gasteiger partial charge in [-0.25, -0.2) is 4.79 Å². The summed E-state index contributed by atoms with van der Waals surface area (Å²) in [5.74, 6) is -0.286. The summed E-state index contributed by atoms with van der Waals surface area (Å²) in [6.45, 7) is 5.76. The number of piperazine rings is 1. The van der Waals surface area contributed by atoms with Crippen molar-refractivity contribution in [1.82, 2.24) is 14.7 Å². The van der Waals surface area contributed by atoms with Gasteiger partial charge < -0.3 is 10.0 Å². The fourth-order valence-electron chi connectivity index (χ4n) is 5.67. The third kappa shape index (κ3) is 4.77. The summed E-state index contributed by atoms with van der Waals surface area (Å²) < 4.78 is 0. The molecule has 0 radical (unpaired) electrons. The molecule has 7 nitrogen and oxygen atoms in total. The number of imide groups is 1. The smallest absolute Gasteiger partial charge is 0.328 e. The van der Waals surface area contributed by atoms with Crippen molar-refractivity contribution in [1.29, 1.82) is 0 Å². The molecular weight excluding hydrogens is 500 g/mol. The molecule has 2 aliphatic heterocycles. The number of β-amino-alcohol motifs (C(OH)–C–C–N with tert-alkyl or cyclic N) is 1. The molecule has 0 spiro atoms. The number of urea groups is 1. The Morgan fingerprint density at radius 2 is 1.37 bits per heavy atom. The highest BCUT2D eigenvalue weighted by molar-refractivity contribution is 6.30. The topological polar surface area (TPSA) is 67.3 Å². The summed E-state index contributed by atoms with van der Waals surface area (Å²) in [6.07, 6.45) is -0.822. The van der Waals surface area contributed by atoms with E-state index in [4.69, 9.17) is 11.6 Å². The Balaban J connectivity index is 1.37. The van der Waals surface area contributed by atoms with E-state index in [0.717, 1.165) is 31.9 Å². The van der Waals surface area contributed by atoms with Crippen LogP contribution in [0.3, 0.4) is 0 Å². The lowest BCUT2D eigenvalue weighted by Gasteiger charge is -2.39. The lowest BCUT2D eigenvalue weighted by molar-refractivity contribution is -0.132. The number of anilines is 1. The van der Waals surface area contributed by atoms with Gasteiger partial charge in [-0.05, 0) is 42.3 Å². The average molecular weight is 533 g/mol. The Bertz CT molecular complexity index is 1210. The molecule has 5 rings (SSSR count). The molecule has 1 N–H and O–H groups in total. The predicted octanol–water partition coefficient (Wildman–Crippen LogP) is 4.05. The number of amides is 3. The van der Waals surface area contributed by atoms with Crippen LogP contribution < -0.4 is 4.90 Å². The molecule has 2 heterocycles. The molecule has 8 heteroatoms. The Kier molecular flexibility index (Phi) is 7.70. The molecule has 2 aliphatic rings. The van der Waals surface area contributed by atoms with Crippen molar-refractivity contribution in [3.05, 3.63) is 101 Å². The molecule has 2 saturated heterocycles. The monoisotopic (exact) mass is 532 g/mol. The van der Waals surface area contributed by atoms with Gasteiger partial charge >= 0.3 is 6.03 Å². The SMILES string of the molecule is CCN1C(=O)N(CC(O)CN2CCN(c3ccc(Cl)cc3)CC2)C(c2ccccc2)(c2ccccc2)C1=O. The number of hydrogen-bond donors (Lipinski definition) is 1. The molecule has 3 aromatic rings. The van der Waals surface area contributed by atoms with Crippen molar-refractivity contribution in [3.8, 4) is 0 Å². The normalized spacial score (nSPS) is 18.8. The van der Waals surface area contributed by atoms with E-state index in [1.165, 1.54) is 4.90 Å². The maximum absolute atomic E-state index is 14.0. The fraction of sp³-hybridized carbons (Fsp3) is 0.333. The minimum Gasteiger partial charge on any atom is -0.390 e. The third-order valence-corrected chi connectivity index (χ3v) is 7.80. The number of halogens is 1. The second kappa shape index (κ2) is 11.2. The van der Waals surface area contributed by atoms with E-state index < -0.39 is 11.6 Å². The first kappa shape index (κ1) is 26.2. The molecule has 1 unspecified atom stereocenters. The molecule has 3 amide bonds. The lowest BCUT2D eigenvalue weighted by Crippen LogP contribution is -2.53. The van der Waals surface area contributed by atoms with Gasteiger partial charge in [0.1, 0.15) is 0 Å². The summed E-state index contributed by atoms with van der Waals surface area (Å²) in [6, 6.07) is 26.3. The highest BCUT2D eigenvalue weighted by atomic mass is 35.5. The second-order valence-corrected chi connectivity index (χ2v) is 10.2. The number of carbonyl (C=O) groups is 2. The largest absolute Gasteiger partial charge is 0.390 e. The van der Waals surface area contributed by atoms with Crippen LogP contribution in [0.25, 0.3) is 0 Å². The number of likely N-dealkylation sites (N-methyl/N-ethyl adjacent to an activating group) is 1. The van der Waals surface area contributed by atoms with Crippen LogP contribution in [0.15, 0.2) is 84.9 Å². The van der Waals surface area contributed by atoms with Gasteiger partial charge in [0.15, 0.2) is 5.54 Å². The van der Waals surface area contributed by atoms with Crippen LogP contribution in [-0.2, 0) is 10.3 Å². The van der Waals surface area contributed by atoms with Crippen molar-refractivity contribution in [2.24, 2.45) is 0 Å². The third-order valence-electron chi connectivity index (χ3n) is 7.55. The van der Waals surface area contributed by atoms with Gasteiger partial charge in [-0.15, -0.1) is 0 Å². The van der Waals surface area contributed by atoms with Crippen LogP contribution in [0.1, 0.15) is 18.1 Å². The summed E-state index contributed by atoms with van der Waals surface area (Å²) in [5, 5.41) is 12.0. The fourth-order valence-corrected chi connectivity index (χ4v) is 5.80. The van der Waals surface area contributed by atoms with Crippen LogP contribution in [0.2, 0.25) is 5.02 Å². The molecule has 0 saturated carbocycles. The van der Waals surface area contributed by atoms with Crippen molar-refractivity contribution in [2.45, 2.75) is 18.6 Å². The minimum atomic E-state index is -1.33. The van der Waals surface area contributed by atoms with Gasteiger partial charge in [0.05, 0.1) is 12.6 Å². The maximum Gasteiger partial charge on any atom is 0.328 e.